The van der Waals surface area contributed by atoms with Gasteiger partial charge in [0, 0.05) is 37.8 Å². The van der Waals surface area contributed by atoms with Crippen LogP contribution in [0.2, 0.25) is 0 Å². The Morgan fingerprint density at radius 1 is 0.929 bits per heavy atom. The van der Waals surface area contributed by atoms with Crippen molar-refractivity contribution in [2.45, 2.75) is 26.3 Å². The van der Waals surface area contributed by atoms with Crippen LogP contribution in [0.1, 0.15) is 30.6 Å². The fourth-order valence-corrected chi connectivity index (χ4v) is 3.35. The second-order valence-corrected chi connectivity index (χ2v) is 7.39. The highest BCUT2D eigenvalue weighted by atomic mass is 16.2. The van der Waals surface area contributed by atoms with E-state index in [4.69, 9.17) is 0 Å². The average Bonchev–Trinajstić information content (AvgIpc) is 2.74. The zero-order chi connectivity index (χ0) is 19.9. The Bertz CT molecular complexity index is 781. The van der Waals surface area contributed by atoms with E-state index in [0.29, 0.717) is 25.2 Å². The van der Waals surface area contributed by atoms with Gasteiger partial charge in [0.1, 0.15) is 0 Å². The molecule has 0 bridgehead atoms. The molecule has 1 fully saturated rings. The maximum Gasteiger partial charge on any atom is 0.253 e. The van der Waals surface area contributed by atoms with Crippen molar-refractivity contribution in [3.8, 4) is 11.1 Å². The SMILES string of the molecule is CCC(C)NC(=O)CN1CCN(C(=O)c2ccc(-c3ccccc3)cc2)CC1. The topological polar surface area (TPSA) is 52.7 Å². The number of rotatable bonds is 6. The normalized spacial score (nSPS) is 15.9. The standard InChI is InChI=1S/C23H29N3O2/c1-3-18(2)24-22(27)17-25-13-15-26(16-14-25)23(28)21-11-9-20(10-12-21)19-7-5-4-6-8-19/h4-12,18H,3,13-17H2,1-2H3,(H,24,27). The maximum absolute atomic E-state index is 12.8. The van der Waals surface area contributed by atoms with Crippen LogP contribution < -0.4 is 5.32 Å². The minimum absolute atomic E-state index is 0.0586. The van der Waals surface area contributed by atoms with Crippen molar-refractivity contribution in [1.29, 1.82) is 0 Å². The molecule has 5 nitrogen and oxygen atoms in total. The van der Waals surface area contributed by atoms with Gasteiger partial charge < -0.3 is 10.2 Å². The Kier molecular flexibility index (Phi) is 6.82. The van der Waals surface area contributed by atoms with Crippen LogP contribution in [-0.2, 0) is 4.79 Å². The highest BCUT2D eigenvalue weighted by Crippen LogP contribution is 2.20. The summed E-state index contributed by atoms with van der Waals surface area (Å²) in [4.78, 5) is 28.8. The second kappa shape index (κ2) is 9.51. The molecule has 1 unspecified atom stereocenters. The fourth-order valence-electron chi connectivity index (χ4n) is 3.35. The van der Waals surface area contributed by atoms with Crippen molar-refractivity contribution in [3.05, 3.63) is 60.2 Å². The van der Waals surface area contributed by atoms with E-state index < -0.39 is 0 Å². The first-order valence-corrected chi connectivity index (χ1v) is 10.0. The van der Waals surface area contributed by atoms with Crippen LogP contribution in [-0.4, -0.2) is 60.4 Å². The van der Waals surface area contributed by atoms with E-state index in [-0.39, 0.29) is 17.9 Å². The summed E-state index contributed by atoms with van der Waals surface area (Å²) in [5.74, 6) is 0.119. The third-order valence-electron chi connectivity index (χ3n) is 5.29. The first-order chi connectivity index (χ1) is 13.6. The minimum Gasteiger partial charge on any atom is -0.353 e. The summed E-state index contributed by atoms with van der Waals surface area (Å²) in [7, 11) is 0. The van der Waals surface area contributed by atoms with Crippen molar-refractivity contribution < 1.29 is 9.59 Å². The first-order valence-electron chi connectivity index (χ1n) is 10.0. The molecule has 5 heteroatoms. The molecule has 0 aliphatic carbocycles. The van der Waals surface area contributed by atoms with E-state index in [1.54, 1.807) is 0 Å². The molecule has 0 saturated carbocycles. The highest BCUT2D eigenvalue weighted by molar-refractivity contribution is 5.94. The van der Waals surface area contributed by atoms with E-state index in [0.717, 1.165) is 30.6 Å². The second-order valence-electron chi connectivity index (χ2n) is 7.39. The van der Waals surface area contributed by atoms with Gasteiger partial charge in [-0.05, 0) is 36.6 Å². The van der Waals surface area contributed by atoms with Crippen molar-refractivity contribution >= 4 is 11.8 Å². The van der Waals surface area contributed by atoms with Gasteiger partial charge in [-0.1, -0.05) is 49.4 Å². The van der Waals surface area contributed by atoms with Crippen LogP contribution in [0.3, 0.4) is 0 Å². The van der Waals surface area contributed by atoms with Crippen LogP contribution in [0.15, 0.2) is 54.6 Å². The largest absolute Gasteiger partial charge is 0.353 e. The van der Waals surface area contributed by atoms with Gasteiger partial charge in [-0.25, -0.2) is 0 Å². The lowest BCUT2D eigenvalue weighted by Crippen LogP contribution is -2.51. The van der Waals surface area contributed by atoms with Crippen LogP contribution in [0.25, 0.3) is 11.1 Å². The molecule has 0 spiro atoms. The van der Waals surface area contributed by atoms with Gasteiger partial charge in [0.25, 0.3) is 5.91 Å². The summed E-state index contributed by atoms with van der Waals surface area (Å²) in [5.41, 5.74) is 2.96. The van der Waals surface area contributed by atoms with Crippen molar-refractivity contribution in [3.63, 3.8) is 0 Å². The number of carbonyl (C=O) groups excluding carboxylic acids is 2. The number of carbonyl (C=O) groups is 2. The van der Waals surface area contributed by atoms with E-state index in [1.807, 2.05) is 54.3 Å². The Hall–Kier alpha value is -2.66. The maximum atomic E-state index is 12.8. The third kappa shape index (κ3) is 5.20. The summed E-state index contributed by atoms with van der Waals surface area (Å²) in [6, 6.07) is 18.1. The molecule has 1 saturated heterocycles. The molecule has 2 aromatic rings. The molecule has 1 N–H and O–H groups in total. The smallest absolute Gasteiger partial charge is 0.253 e. The number of benzene rings is 2. The van der Waals surface area contributed by atoms with Gasteiger partial charge in [0.15, 0.2) is 0 Å². The van der Waals surface area contributed by atoms with E-state index >= 15 is 0 Å². The average molecular weight is 380 g/mol. The van der Waals surface area contributed by atoms with Gasteiger partial charge in [-0.3, -0.25) is 14.5 Å². The zero-order valence-electron chi connectivity index (χ0n) is 16.7. The van der Waals surface area contributed by atoms with E-state index in [9.17, 15) is 9.59 Å². The minimum atomic E-state index is 0.0586. The van der Waals surface area contributed by atoms with Crippen molar-refractivity contribution in [1.82, 2.24) is 15.1 Å². The first kappa shape index (κ1) is 20.1. The lowest BCUT2D eigenvalue weighted by Gasteiger charge is -2.34. The Labute approximate surface area is 167 Å². The Morgan fingerprint density at radius 3 is 2.14 bits per heavy atom. The summed E-state index contributed by atoms with van der Waals surface area (Å²) < 4.78 is 0. The molecule has 0 radical (unpaired) electrons. The van der Waals surface area contributed by atoms with Crippen LogP contribution >= 0.6 is 0 Å². The molecular formula is C23H29N3O2. The lowest BCUT2D eigenvalue weighted by atomic mass is 10.0. The molecule has 1 aliphatic rings. The predicted molar refractivity (Wildman–Crippen MR) is 112 cm³/mol. The Morgan fingerprint density at radius 2 is 1.54 bits per heavy atom. The molecule has 3 rings (SSSR count). The molecule has 0 aromatic heterocycles. The van der Waals surface area contributed by atoms with Crippen LogP contribution in [0, 0.1) is 0 Å². The monoisotopic (exact) mass is 379 g/mol. The van der Waals surface area contributed by atoms with Gasteiger partial charge in [-0.2, -0.15) is 0 Å². The molecule has 28 heavy (non-hydrogen) atoms. The molecule has 1 atom stereocenters. The quantitative estimate of drug-likeness (QED) is 0.839. The van der Waals surface area contributed by atoms with Gasteiger partial charge in [-0.15, -0.1) is 0 Å². The van der Waals surface area contributed by atoms with Gasteiger partial charge >= 0.3 is 0 Å². The van der Waals surface area contributed by atoms with E-state index in [1.165, 1.54) is 0 Å². The van der Waals surface area contributed by atoms with Crippen LogP contribution in [0.4, 0.5) is 0 Å². The number of amides is 2. The lowest BCUT2D eigenvalue weighted by molar-refractivity contribution is -0.123. The fraction of sp³-hybridized carbons (Fsp3) is 0.391. The summed E-state index contributed by atoms with van der Waals surface area (Å²) in [6.45, 7) is 7.22. The third-order valence-corrected chi connectivity index (χ3v) is 5.29. The molecule has 1 aliphatic heterocycles. The van der Waals surface area contributed by atoms with Crippen molar-refractivity contribution in [2.75, 3.05) is 32.7 Å². The highest BCUT2D eigenvalue weighted by Gasteiger charge is 2.23. The van der Waals surface area contributed by atoms with Gasteiger partial charge in [0.05, 0.1) is 6.54 Å². The molecule has 148 valence electrons. The van der Waals surface area contributed by atoms with Crippen molar-refractivity contribution in [2.24, 2.45) is 0 Å². The molecule has 1 heterocycles. The molecule has 2 aromatic carbocycles. The summed E-state index contributed by atoms with van der Waals surface area (Å²) in [5, 5.41) is 2.99. The zero-order valence-corrected chi connectivity index (χ0v) is 16.7. The number of piperazine rings is 1. The summed E-state index contributed by atoms with van der Waals surface area (Å²) >= 11 is 0. The molecular weight excluding hydrogens is 350 g/mol. The van der Waals surface area contributed by atoms with Crippen LogP contribution in [0.5, 0.6) is 0 Å². The predicted octanol–water partition coefficient (Wildman–Crippen LogP) is 3.03. The number of hydrogen-bond acceptors (Lipinski definition) is 3. The molecule has 2 amide bonds. The van der Waals surface area contributed by atoms with E-state index in [2.05, 4.69) is 29.3 Å². The number of nitrogens with zero attached hydrogens (tertiary/aromatic N) is 2. The number of nitrogens with one attached hydrogen (secondary N) is 1. The summed E-state index contributed by atoms with van der Waals surface area (Å²) in [6.07, 6.45) is 0.928. The Balaban J connectivity index is 1.52. The number of hydrogen-bond donors (Lipinski definition) is 1. The van der Waals surface area contributed by atoms with Gasteiger partial charge in [0.2, 0.25) is 5.91 Å².